The summed E-state index contributed by atoms with van der Waals surface area (Å²) in [5, 5.41) is 119. The Morgan fingerprint density at radius 1 is 0.560 bits per heavy atom. The van der Waals surface area contributed by atoms with Gasteiger partial charge in [0.1, 0.15) is 91.4 Å². The van der Waals surface area contributed by atoms with Crippen LogP contribution in [-0.4, -0.2) is 211 Å². The Kier molecular flexibility index (Phi) is 14.2. The molecule has 2 amide bonds. The summed E-state index contributed by atoms with van der Waals surface area (Å²) >= 11 is 0. The normalized spacial score (nSPS) is 48.5. The monoisotopic (exact) mass is 732 g/mol. The van der Waals surface area contributed by atoms with Crippen LogP contribution in [0.2, 0.25) is 0 Å². The summed E-state index contributed by atoms with van der Waals surface area (Å²) in [6.07, 6.45) is -29.6. The van der Waals surface area contributed by atoms with Crippen LogP contribution in [0, 0.1) is 0 Å². The van der Waals surface area contributed by atoms with Crippen molar-refractivity contribution in [3.8, 4) is 0 Å². The maximum atomic E-state index is 12.3. The first-order valence-electron chi connectivity index (χ1n) is 15.9. The number of aliphatic hydroxyl groups excluding tert-OH is 11. The molecule has 0 bridgehead atoms. The lowest BCUT2D eigenvalue weighted by Gasteiger charge is -2.49. The van der Waals surface area contributed by atoms with Gasteiger partial charge in [0, 0.05) is 13.8 Å². The third-order valence-corrected chi connectivity index (χ3v) is 8.95. The molecule has 4 saturated heterocycles. The van der Waals surface area contributed by atoms with E-state index in [4.69, 9.17) is 33.2 Å². The van der Waals surface area contributed by atoms with Crippen LogP contribution in [0.1, 0.15) is 20.8 Å². The highest BCUT2D eigenvalue weighted by Crippen LogP contribution is 2.33. The minimum absolute atomic E-state index is 0.630. The van der Waals surface area contributed by atoms with Crippen molar-refractivity contribution in [2.45, 2.75) is 143 Å². The van der Waals surface area contributed by atoms with Crippen LogP contribution >= 0.6 is 0 Å². The molecule has 4 rings (SSSR count). The molecule has 22 heteroatoms. The zero-order valence-electron chi connectivity index (χ0n) is 27.3. The number of ether oxygens (including phenoxy) is 7. The number of aliphatic hydroxyl groups is 11. The average Bonchev–Trinajstić information content (AvgIpc) is 3.06. The zero-order valence-corrected chi connectivity index (χ0v) is 27.3. The van der Waals surface area contributed by atoms with Crippen molar-refractivity contribution in [3.63, 3.8) is 0 Å². The number of rotatable bonds is 11. The van der Waals surface area contributed by atoms with Gasteiger partial charge in [-0.1, -0.05) is 0 Å². The van der Waals surface area contributed by atoms with E-state index in [0.717, 1.165) is 13.8 Å². The van der Waals surface area contributed by atoms with Gasteiger partial charge >= 0.3 is 0 Å². The molecule has 0 aliphatic carbocycles. The van der Waals surface area contributed by atoms with Gasteiger partial charge in [-0.3, -0.25) is 9.59 Å². The van der Waals surface area contributed by atoms with E-state index in [1.54, 1.807) is 0 Å². The molecule has 0 saturated carbocycles. The summed E-state index contributed by atoms with van der Waals surface area (Å²) in [6, 6.07) is -3.09. The number of nitrogens with one attached hydrogen (secondary N) is 2. The van der Waals surface area contributed by atoms with Crippen LogP contribution in [0.3, 0.4) is 0 Å². The van der Waals surface area contributed by atoms with Gasteiger partial charge in [-0.05, 0) is 6.92 Å². The van der Waals surface area contributed by atoms with Crippen molar-refractivity contribution in [2.75, 3.05) is 19.8 Å². The van der Waals surface area contributed by atoms with Crippen molar-refractivity contribution < 1.29 is 98.9 Å². The Bertz CT molecular complexity index is 1120. The number of hydrogen-bond acceptors (Lipinski definition) is 20. The molecule has 4 heterocycles. The third-order valence-electron chi connectivity index (χ3n) is 8.95. The number of carbonyl (C=O) groups excluding carboxylic acids is 2. The molecule has 4 aliphatic heterocycles. The van der Waals surface area contributed by atoms with Gasteiger partial charge in [0.2, 0.25) is 11.8 Å². The molecule has 0 radical (unpaired) electrons. The minimum Gasteiger partial charge on any atom is -0.394 e. The second-order valence-electron chi connectivity index (χ2n) is 12.6. The quantitative estimate of drug-likeness (QED) is 0.0938. The van der Waals surface area contributed by atoms with E-state index in [1.165, 1.54) is 6.92 Å². The fraction of sp³-hybridized carbons (Fsp3) is 0.929. The highest BCUT2D eigenvalue weighted by molar-refractivity contribution is 5.73. The molecule has 0 aromatic heterocycles. The van der Waals surface area contributed by atoms with Crippen molar-refractivity contribution in [1.82, 2.24) is 10.6 Å². The summed E-state index contributed by atoms with van der Waals surface area (Å²) in [5.41, 5.74) is 0. The van der Waals surface area contributed by atoms with Gasteiger partial charge in [-0.15, -0.1) is 0 Å². The summed E-state index contributed by atoms with van der Waals surface area (Å²) < 4.78 is 39.5. The van der Waals surface area contributed by atoms with Crippen LogP contribution in [0.4, 0.5) is 0 Å². The Hall–Kier alpha value is -1.78. The molecule has 290 valence electrons. The first kappa shape index (κ1) is 41.0. The topological polar surface area (TPSA) is 345 Å². The lowest BCUT2D eigenvalue weighted by atomic mass is 9.94. The van der Waals surface area contributed by atoms with Crippen LogP contribution in [0.25, 0.3) is 0 Å². The molecular formula is C28H48N2O20. The second-order valence-corrected chi connectivity index (χ2v) is 12.6. The Morgan fingerprint density at radius 2 is 1.06 bits per heavy atom. The predicted molar refractivity (Wildman–Crippen MR) is 156 cm³/mol. The largest absolute Gasteiger partial charge is 0.394 e. The smallest absolute Gasteiger partial charge is 0.217 e. The van der Waals surface area contributed by atoms with Crippen LogP contribution in [-0.2, 0) is 42.7 Å². The fourth-order valence-corrected chi connectivity index (χ4v) is 6.20. The molecule has 50 heavy (non-hydrogen) atoms. The van der Waals surface area contributed by atoms with E-state index < -0.39 is 154 Å². The minimum atomic E-state index is -1.90. The van der Waals surface area contributed by atoms with Gasteiger partial charge in [0.15, 0.2) is 25.2 Å². The number of carbonyl (C=O) groups is 2. The lowest BCUT2D eigenvalue weighted by Crippen LogP contribution is -2.70. The number of hydrogen-bond donors (Lipinski definition) is 13. The van der Waals surface area contributed by atoms with Gasteiger partial charge < -0.3 is 100.0 Å². The molecule has 20 atom stereocenters. The molecule has 0 aromatic carbocycles. The highest BCUT2D eigenvalue weighted by atomic mass is 16.8. The molecule has 22 nitrogen and oxygen atoms in total. The van der Waals surface area contributed by atoms with Crippen LogP contribution in [0.5, 0.6) is 0 Å². The fourth-order valence-electron chi connectivity index (χ4n) is 6.20. The summed E-state index contributed by atoms with van der Waals surface area (Å²) in [4.78, 5) is 24.1. The van der Waals surface area contributed by atoms with Crippen LogP contribution < -0.4 is 10.6 Å². The summed E-state index contributed by atoms with van der Waals surface area (Å²) in [7, 11) is 0. The lowest BCUT2D eigenvalue weighted by molar-refractivity contribution is -0.363. The Morgan fingerprint density at radius 3 is 1.66 bits per heavy atom. The third kappa shape index (κ3) is 8.87. The average molecular weight is 733 g/mol. The Labute approximate surface area is 285 Å². The van der Waals surface area contributed by atoms with Crippen molar-refractivity contribution in [2.24, 2.45) is 0 Å². The predicted octanol–water partition coefficient (Wildman–Crippen LogP) is -8.43. The first-order chi connectivity index (χ1) is 23.5. The van der Waals surface area contributed by atoms with Crippen molar-refractivity contribution in [3.05, 3.63) is 0 Å². The standard InChI is InChI=1S/C28H48N2O20/c1-7-15(35)19(39)21(41)27(45-7)44-6-12-24(17(37)13(25(43)46-12)29-8(2)33)49-26-14(30-9(3)34)18(38)23(11(5-32)48-26)50-28-22(42)20(40)16(36)10(4-31)47-28/h7,10-28,31-32,35-43H,4-6H2,1-3H3,(H,29,33)(H,30,34)/t7-,10+,11+,12+,13+,14+,15+,16+,17+,18+,19+,20-,21-,22-,23+,24+,25+,26-,27+,28?/m0/s1. The summed E-state index contributed by atoms with van der Waals surface area (Å²) in [6.45, 7) is 1.27. The molecule has 0 aromatic rings. The number of amides is 2. The van der Waals surface area contributed by atoms with Gasteiger partial charge in [-0.2, -0.15) is 0 Å². The first-order valence-corrected chi connectivity index (χ1v) is 15.9. The Balaban J connectivity index is 1.58. The summed E-state index contributed by atoms with van der Waals surface area (Å²) in [5.74, 6) is -1.41. The van der Waals surface area contributed by atoms with E-state index in [-0.39, 0.29) is 0 Å². The maximum absolute atomic E-state index is 12.3. The maximum Gasteiger partial charge on any atom is 0.217 e. The van der Waals surface area contributed by atoms with Crippen molar-refractivity contribution in [1.29, 1.82) is 0 Å². The van der Waals surface area contributed by atoms with Gasteiger partial charge in [0.05, 0.1) is 25.9 Å². The van der Waals surface area contributed by atoms with E-state index >= 15 is 0 Å². The van der Waals surface area contributed by atoms with E-state index in [1.807, 2.05) is 0 Å². The van der Waals surface area contributed by atoms with E-state index in [2.05, 4.69) is 10.6 Å². The molecule has 4 fully saturated rings. The van der Waals surface area contributed by atoms with Gasteiger partial charge in [0.25, 0.3) is 0 Å². The van der Waals surface area contributed by atoms with E-state index in [9.17, 15) is 65.8 Å². The van der Waals surface area contributed by atoms with Crippen LogP contribution in [0.15, 0.2) is 0 Å². The van der Waals surface area contributed by atoms with Crippen molar-refractivity contribution >= 4 is 11.8 Å². The zero-order chi connectivity index (χ0) is 37.2. The SMILES string of the molecule is CC(=O)N[C@@H]1[C@@H](O)[C@H](O[C@@H]2O[C@H](CO)[C@@H](OC3O[C@H](CO)[C@@H](O)[C@H](O)[C@@H]3O)[C@H](O)[C@H]2NC(C)=O)[C@@H](CO[C@@H]2O[C@@H](C)[C@@H](O)[C@@H](O)[C@@H]2O)O[C@H]1O. The highest BCUT2D eigenvalue weighted by Gasteiger charge is 2.54. The molecule has 13 N–H and O–H groups in total. The molecule has 0 spiro atoms. The molecular weight excluding hydrogens is 684 g/mol. The van der Waals surface area contributed by atoms with E-state index in [0.29, 0.717) is 0 Å². The molecule has 1 unspecified atom stereocenters. The van der Waals surface area contributed by atoms with Gasteiger partial charge in [-0.25, -0.2) is 0 Å². The molecule has 4 aliphatic rings. The second kappa shape index (κ2) is 17.4.